The Morgan fingerprint density at radius 1 is 1.27 bits per heavy atom. The van der Waals surface area contributed by atoms with E-state index in [2.05, 4.69) is 20.8 Å². The van der Waals surface area contributed by atoms with E-state index >= 15 is 0 Å². The smallest absolute Gasteiger partial charge is 0.351 e. The molecular weight excluding hydrogens is 383 g/mol. The number of hydrazine groups is 1. The lowest BCUT2D eigenvalue weighted by atomic mass is 10.2. The van der Waals surface area contributed by atoms with Crippen LogP contribution in [0.2, 0.25) is 10.0 Å². The molecule has 0 unspecified atom stereocenters. The third-order valence-corrected chi connectivity index (χ3v) is 4.07. The van der Waals surface area contributed by atoms with Crippen LogP contribution in [0.1, 0.15) is 24.2 Å². The first-order chi connectivity index (χ1) is 12.4. The maximum Gasteiger partial charge on any atom is 0.355 e. The van der Waals surface area contributed by atoms with Crippen molar-refractivity contribution >= 4 is 46.4 Å². The van der Waals surface area contributed by atoms with Crippen molar-refractivity contribution in [3.8, 4) is 0 Å². The minimum absolute atomic E-state index is 0.134. The number of nitro groups is 1. The normalized spacial score (nSPS) is 10.3. The van der Waals surface area contributed by atoms with Gasteiger partial charge >= 0.3 is 5.69 Å². The van der Waals surface area contributed by atoms with Crippen LogP contribution in [0.5, 0.6) is 0 Å². The molecule has 0 spiro atoms. The molecule has 0 bridgehead atoms. The minimum atomic E-state index is -0.600. The SMILES string of the molecule is CCN(CC)c1ncnc(NNC(=O)c2ccc(Cl)cc2Cl)c1[N+](=O)[O-]. The fourth-order valence-electron chi connectivity index (χ4n) is 2.24. The van der Waals surface area contributed by atoms with Crippen LogP contribution in [0.25, 0.3) is 0 Å². The molecule has 0 aliphatic carbocycles. The van der Waals surface area contributed by atoms with Crippen molar-refractivity contribution in [2.24, 2.45) is 0 Å². The minimum Gasteiger partial charge on any atom is -0.351 e. The maximum absolute atomic E-state index is 12.2. The molecule has 2 rings (SSSR count). The van der Waals surface area contributed by atoms with Crippen LogP contribution in [0.15, 0.2) is 24.5 Å². The van der Waals surface area contributed by atoms with Crippen LogP contribution in [-0.2, 0) is 0 Å². The van der Waals surface area contributed by atoms with Crippen LogP contribution in [0.4, 0.5) is 17.3 Å². The first-order valence-corrected chi connectivity index (χ1v) is 8.40. The van der Waals surface area contributed by atoms with E-state index in [1.165, 1.54) is 24.5 Å². The van der Waals surface area contributed by atoms with Crippen molar-refractivity contribution in [1.29, 1.82) is 0 Å². The van der Waals surface area contributed by atoms with E-state index in [1.54, 1.807) is 4.90 Å². The number of rotatable bonds is 7. The van der Waals surface area contributed by atoms with Crippen molar-refractivity contribution < 1.29 is 9.72 Å². The Labute approximate surface area is 159 Å². The molecule has 0 radical (unpaired) electrons. The van der Waals surface area contributed by atoms with Gasteiger partial charge in [-0.2, -0.15) is 0 Å². The fourth-order valence-corrected chi connectivity index (χ4v) is 2.73. The largest absolute Gasteiger partial charge is 0.355 e. The molecule has 26 heavy (non-hydrogen) atoms. The molecule has 0 aliphatic rings. The molecule has 1 aromatic heterocycles. The van der Waals surface area contributed by atoms with Crippen LogP contribution in [-0.4, -0.2) is 33.9 Å². The second-order valence-corrected chi connectivity index (χ2v) is 5.87. The third kappa shape index (κ3) is 4.30. The number of hydrogen-bond donors (Lipinski definition) is 2. The summed E-state index contributed by atoms with van der Waals surface area (Å²) in [5.74, 6) is -0.564. The van der Waals surface area contributed by atoms with Crippen molar-refractivity contribution in [3.05, 3.63) is 50.2 Å². The highest BCUT2D eigenvalue weighted by molar-refractivity contribution is 6.36. The fraction of sp³-hybridized carbons (Fsp3) is 0.267. The molecule has 0 atom stereocenters. The summed E-state index contributed by atoms with van der Waals surface area (Å²) >= 11 is 11.8. The number of amides is 1. The van der Waals surface area contributed by atoms with E-state index in [4.69, 9.17) is 23.2 Å². The van der Waals surface area contributed by atoms with Crippen LogP contribution >= 0.6 is 23.2 Å². The lowest BCUT2D eigenvalue weighted by molar-refractivity contribution is -0.383. The standard InChI is InChI=1S/C15H16Cl2N6O3/c1-3-22(4-2)14-12(23(25)26)13(18-8-19-14)20-21-15(24)10-6-5-9(16)7-11(10)17/h5-8H,3-4H2,1-2H3,(H,21,24)(H,18,19,20). The molecule has 2 N–H and O–H groups in total. The van der Waals surface area contributed by atoms with Gasteiger partial charge in [-0.25, -0.2) is 9.97 Å². The summed E-state index contributed by atoms with van der Waals surface area (Å²) in [5.41, 5.74) is 4.63. The lowest BCUT2D eigenvalue weighted by Crippen LogP contribution is -2.31. The Hall–Kier alpha value is -2.65. The summed E-state index contributed by atoms with van der Waals surface area (Å²) in [6.07, 6.45) is 1.18. The van der Waals surface area contributed by atoms with Crippen molar-refractivity contribution in [2.45, 2.75) is 13.8 Å². The van der Waals surface area contributed by atoms with E-state index in [9.17, 15) is 14.9 Å². The van der Waals surface area contributed by atoms with E-state index in [0.29, 0.717) is 18.1 Å². The highest BCUT2D eigenvalue weighted by atomic mass is 35.5. The Bertz CT molecular complexity index is 829. The second-order valence-electron chi connectivity index (χ2n) is 5.03. The molecule has 1 heterocycles. The summed E-state index contributed by atoms with van der Waals surface area (Å²) < 4.78 is 0. The molecule has 0 saturated carbocycles. The average Bonchev–Trinajstić information content (AvgIpc) is 2.60. The highest BCUT2D eigenvalue weighted by Gasteiger charge is 2.26. The molecule has 11 heteroatoms. The Morgan fingerprint density at radius 3 is 2.54 bits per heavy atom. The molecule has 2 aromatic rings. The number of hydrogen-bond acceptors (Lipinski definition) is 7. The summed E-state index contributed by atoms with van der Waals surface area (Å²) in [5, 5.41) is 12.0. The van der Waals surface area contributed by atoms with Gasteiger partial charge in [-0.3, -0.25) is 25.8 Å². The van der Waals surface area contributed by atoms with Crippen molar-refractivity contribution in [2.75, 3.05) is 23.4 Å². The number of nitrogens with one attached hydrogen (secondary N) is 2. The van der Waals surface area contributed by atoms with Gasteiger partial charge < -0.3 is 4.90 Å². The molecule has 9 nitrogen and oxygen atoms in total. The van der Waals surface area contributed by atoms with Crippen LogP contribution in [0.3, 0.4) is 0 Å². The number of anilines is 2. The van der Waals surface area contributed by atoms with Crippen molar-refractivity contribution in [3.63, 3.8) is 0 Å². The van der Waals surface area contributed by atoms with E-state index in [-0.39, 0.29) is 27.9 Å². The van der Waals surface area contributed by atoms with Gasteiger partial charge in [0, 0.05) is 18.1 Å². The number of nitrogens with zero attached hydrogens (tertiary/aromatic N) is 4. The molecule has 0 aliphatic heterocycles. The Morgan fingerprint density at radius 2 is 1.96 bits per heavy atom. The number of aromatic nitrogens is 2. The summed E-state index contributed by atoms with van der Waals surface area (Å²) in [6, 6.07) is 4.37. The number of carbonyl (C=O) groups is 1. The predicted molar refractivity (Wildman–Crippen MR) is 99.8 cm³/mol. The molecule has 138 valence electrons. The van der Waals surface area contributed by atoms with Gasteiger partial charge in [-0.15, -0.1) is 0 Å². The number of halogens is 2. The number of carbonyl (C=O) groups excluding carboxylic acids is 1. The van der Waals surface area contributed by atoms with E-state index < -0.39 is 10.8 Å². The predicted octanol–water partition coefficient (Wildman–Crippen LogP) is 3.29. The zero-order valence-electron chi connectivity index (χ0n) is 14.0. The molecule has 0 saturated heterocycles. The zero-order valence-corrected chi connectivity index (χ0v) is 15.5. The lowest BCUT2D eigenvalue weighted by Gasteiger charge is -2.20. The first-order valence-electron chi connectivity index (χ1n) is 7.64. The Kier molecular flexibility index (Phi) is 6.53. The molecule has 1 aromatic carbocycles. The quantitative estimate of drug-likeness (QED) is 0.543. The summed E-state index contributed by atoms with van der Waals surface area (Å²) in [7, 11) is 0. The maximum atomic E-state index is 12.2. The monoisotopic (exact) mass is 398 g/mol. The van der Waals surface area contributed by atoms with Gasteiger partial charge in [0.15, 0.2) is 0 Å². The van der Waals surface area contributed by atoms with Crippen LogP contribution in [0, 0.1) is 10.1 Å². The highest BCUT2D eigenvalue weighted by Crippen LogP contribution is 2.31. The topological polar surface area (TPSA) is 113 Å². The van der Waals surface area contributed by atoms with E-state index in [0.717, 1.165) is 0 Å². The zero-order chi connectivity index (χ0) is 19.3. The van der Waals surface area contributed by atoms with Gasteiger partial charge in [-0.05, 0) is 32.0 Å². The summed E-state index contributed by atoms with van der Waals surface area (Å²) in [6.45, 7) is 4.76. The third-order valence-electron chi connectivity index (χ3n) is 3.52. The first kappa shape index (κ1) is 19.7. The van der Waals surface area contributed by atoms with Gasteiger partial charge in [0.2, 0.25) is 11.6 Å². The molecule has 1 amide bonds. The van der Waals surface area contributed by atoms with Gasteiger partial charge in [-0.1, -0.05) is 23.2 Å². The van der Waals surface area contributed by atoms with Gasteiger partial charge in [0.1, 0.15) is 6.33 Å². The van der Waals surface area contributed by atoms with Crippen LogP contribution < -0.4 is 15.8 Å². The van der Waals surface area contributed by atoms with Crippen molar-refractivity contribution in [1.82, 2.24) is 15.4 Å². The molecular formula is C15H16Cl2N6O3. The average molecular weight is 399 g/mol. The second kappa shape index (κ2) is 8.63. The Balaban J connectivity index is 2.27. The molecule has 0 fully saturated rings. The van der Waals surface area contributed by atoms with Gasteiger partial charge in [0.05, 0.1) is 15.5 Å². The van der Waals surface area contributed by atoms with E-state index in [1.807, 2.05) is 13.8 Å². The number of benzene rings is 1. The summed E-state index contributed by atoms with van der Waals surface area (Å²) in [4.78, 5) is 32.7. The van der Waals surface area contributed by atoms with Gasteiger partial charge in [0.25, 0.3) is 5.91 Å².